The molecule has 0 aromatic heterocycles. The summed E-state index contributed by atoms with van der Waals surface area (Å²) in [7, 11) is -3.39. The molecule has 0 amide bonds. The molecule has 0 spiro atoms. The minimum absolute atomic E-state index is 0.250. The van der Waals surface area contributed by atoms with Crippen LogP contribution in [0, 0.1) is 0 Å². The van der Waals surface area contributed by atoms with Gasteiger partial charge in [-0.3, -0.25) is 9.10 Å². The number of rotatable bonds is 7. The van der Waals surface area contributed by atoms with E-state index in [1.165, 1.54) is 29.4 Å². The Morgan fingerprint density at radius 3 is 2.58 bits per heavy atom. The third kappa shape index (κ3) is 5.70. The lowest BCUT2D eigenvalue weighted by Crippen LogP contribution is -2.34. The zero-order valence-electron chi connectivity index (χ0n) is 16.9. The monoisotopic (exact) mass is 485 g/mol. The number of ketones is 1. The van der Waals surface area contributed by atoms with Crippen molar-refractivity contribution in [1.82, 2.24) is 0 Å². The molecule has 1 aliphatic heterocycles. The van der Waals surface area contributed by atoms with Crippen molar-refractivity contribution in [2.45, 2.75) is 25.9 Å². The van der Waals surface area contributed by atoms with E-state index in [0.29, 0.717) is 35.7 Å². The number of Topliss-reactive ketones (excluding diaryl/α,β-unsaturated/α-hetero) is 1. The molecule has 3 rings (SSSR count). The lowest BCUT2D eigenvalue weighted by Gasteiger charge is -2.29. The average molecular weight is 486 g/mol. The van der Waals surface area contributed by atoms with Gasteiger partial charge in [0.05, 0.1) is 17.0 Å². The standard InChI is InChI=1S/C21H21Cl2NO6S/c1-13(30-20-8-6-16(22)11-17(20)23)21(26)29-12-19(25)15-5-7-18-14(10-15)4-3-9-24(18)31(2,27)28/h5-8,10-11,13H,3-4,9,12H2,1-2H3/t13-/m1/s1. The Hall–Kier alpha value is -2.29. The molecule has 0 bridgehead atoms. The van der Waals surface area contributed by atoms with Gasteiger partial charge in [-0.1, -0.05) is 23.2 Å². The number of nitrogens with zero attached hydrogens (tertiary/aromatic N) is 1. The normalized spacial score (nSPS) is 14.5. The molecule has 166 valence electrons. The SMILES string of the molecule is C[C@@H](Oc1ccc(Cl)cc1Cl)C(=O)OCC(=O)c1ccc2c(c1)CCCN2S(C)(=O)=O. The molecular weight excluding hydrogens is 465 g/mol. The summed E-state index contributed by atoms with van der Waals surface area (Å²) in [6.07, 6.45) is 1.49. The summed E-state index contributed by atoms with van der Waals surface area (Å²) >= 11 is 11.9. The third-order valence-electron chi connectivity index (χ3n) is 4.75. The van der Waals surface area contributed by atoms with Gasteiger partial charge in [-0.15, -0.1) is 0 Å². The van der Waals surface area contributed by atoms with Gasteiger partial charge in [-0.2, -0.15) is 0 Å². The Morgan fingerprint density at radius 2 is 1.90 bits per heavy atom. The van der Waals surface area contributed by atoms with Crippen LogP contribution in [0.2, 0.25) is 10.0 Å². The molecule has 0 saturated heterocycles. The van der Waals surface area contributed by atoms with E-state index in [4.69, 9.17) is 32.7 Å². The van der Waals surface area contributed by atoms with Crippen molar-refractivity contribution >= 4 is 50.7 Å². The lowest BCUT2D eigenvalue weighted by atomic mass is 9.99. The molecule has 1 atom stereocenters. The Labute approximate surface area is 190 Å². The first kappa shape index (κ1) is 23.4. The van der Waals surface area contributed by atoms with Crippen molar-refractivity contribution in [3.05, 3.63) is 57.6 Å². The molecule has 1 aliphatic rings. The lowest BCUT2D eigenvalue weighted by molar-refractivity contribution is -0.149. The molecule has 2 aromatic carbocycles. The van der Waals surface area contributed by atoms with Gasteiger partial charge in [0.2, 0.25) is 10.0 Å². The van der Waals surface area contributed by atoms with E-state index < -0.39 is 34.5 Å². The molecule has 2 aromatic rings. The van der Waals surface area contributed by atoms with Gasteiger partial charge in [-0.25, -0.2) is 13.2 Å². The maximum Gasteiger partial charge on any atom is 0.347 e. The van der Waals surface area contributed by atoms with Crippen LogP contribution in [-0.4, -0.2) is 45.7 Å². The summed E-state index contributed by atoms with van der Waals surface area (Å²) < 4.78 is 35.8. The van der Waals surface area contributed by atoms with Crippen molar-refractivity contribution in [3.63, 3.8) is 0 Å². The first-order valence-electron chi connectivity index (χ1n) is 9.48. The summed E-state index contributed by atoms with van der Waals surface area (Å²) in [6, 6.07) is 9.39. The number of halogens is 2. The second-order valence-corrected chi connectivity index (χ2v) is 9.90. The number of aryl methyl sites for hydroxylation is 1. The van der Waals surface area contributed by atoms with Crippen molar-refractivity contribution in [1.29, 1.82) is 0 Å². The molecular formula is C21H21Cl2NO6S. The number of anilines is 1. The molecule has 0 saturated carbocycles. The Bertz CT molecular complexity index is 1120. The fourth-order valence-electron chi connectivity index (χ4n) is 3.23. The van der Waals surface area contributed by atoms with Gasteiger partial charge in [0.1, 0.15) is 5.75 Å². The highest BCUT2D eigenvalue weighted by molar-refractivity contribution is 7.92. The summed E-state index contributed by atoms with van der Waals surface area (Å²) in [5.41, 5.74) is 1.68. The Balaban J connectivity index is 1.62. The van der Waals surface area contributed by atoms with E-state index in [1.807, 2.05) is 0 Å². The van der Waals surface area contributed by atoms with E-state index in [-0.39, 0.29) is 10.8 Å². The number of ether oxygens (including phenoxy) is 2. The quantitative estimate of drug-likeness (QED) is 0.436. The highest BCUT2D eigenvalue weighted by Crippen LogP contribution is 2.30. The van der Waals surface area contributed by atoms with E-state index >= 15 is 0 Å². The molecule has 0 unspecified atom stereocenters. The Morgan fingerprint density at radius 1 is 1.16 bits per heavy atom. The number of sulfonamides is 1. The zero-order valence-corrected chi connectivity index (χ0v) is 19.3. The van der Waals surface area contributed by atoms with Crippen LogP contribution in [0.3, 0.4) is 0 Å². The van der Waals surface area contributed by atoms with E-state index in [0.717, 1.165) is 11.8 Å². The summed E-state index contributed by atoms with van der Waals surface area (Å²) in [4.78, 5) is 24.7. The van der Waals surface area contributed by atoms with Crippen LogP contribution in [0.15, 0.2) is 36.4 Å². The maximum absolute atomic E-state index is 12.5. The predicted octanol–water partition coefficient (Wildman–Crippen LogP) is 3.90. The topological polar surface area (TPSA) is 90.0 Å². The van der Waals surface area contributed by atoms with Crippen LogP contribution < -0.4 is 9.04 Å². The Kier molecular flexibility index (Phi) is 7.13. The molecule has 10 heteroatoms. The van der Waals surface area contributed by atoms with Gasteiger partial charge < -0.3 is 9.47 Å². The van der Waals surface area contributed by atoms with Crippen LogP contribution in [0.4, 0.5) is 5.69 Å². The largest absolute Gasteiger partial charge is 0.477 e. The first-order valence-corrected chi connectivity index (χ1v) is 12.1. The number of carbonyl (C=O) groups excluding carboxylic acids is 2. The molecule has 0 N–H and O–H groups in total. The van der Waals surface area contributed by atoms with E-state index in [2.05, 4.69) is 0 Å². The number of fused-ring (bicyclic) bond motifs is 1. The van der Waals surface area contributed by atoms with Crippen LogP contribution >= 0.6 is 23.2 Å². The zero-order chi connectivity index (χ0) is 22.8. The van der Waals surface area contributed by atoms with Crippen LogP contribution in [-0.2, 0) is 26.0 Å². The van der Waals surface area contributed by atoms with Gasteiger partial charge in [0, 0.05) is 17.1 Å². The number of carbonyl (C=O) groups is 2. The van der Waals surface area contributed by atoms with Crippen LogP contribution in [0.1, 0.15) is 29.3 Å². The minimum Gasteiger partial charge on any atom is -0.477 e. The highest BCUT2D eigenvalue weighted by Gasteiger charge is 2.25. The predicted molar refractivity (Wildman–Crippen MR) is 119 cm³/mol. The van der Waals surface area contributed by atoms with Crippen LogP contribution in [0.25, 0.3) is 0 Å². The van der Waals surface area contributed by atoms with Crippen molar-refractivity contribution < 1.29 is 27.5 Å². The fourth-order valence-corrected chi connectivity index (χ4v) is 4.68. The molecule has 0 radical (unpaired) electrons. The van der Waals surface area contributed by atoms with Gasteiger partial charge in [0.25, 0.3) is 0 Å². The molecule has 0 fully saturated rings. The number of benzene rings is 2. The smallest absolute Gasteiger partial charge is 0.347 e. The molecule has 0 aliphatic carbocycles. The third-order valence-corrected chi connectivity index (χ3v) is 6.46. The second kappa shape index (κ2) is 9.46. The molecule has 1 heterocycles. The average Bonchev–Trinajstić information content (AvgIpc) is 2.72. The highest BCUT2D eigenvalue weighted by atomic mass is 35.5. The summed E-state index contributed by atoms with van der Waals surface area (Å²) in [5, 5.41) is 0.684. The second-order valence-electron chi connectivity index (χ2n) is 7.15. The number of hydrogen-bond acceptors (Lipinski definition) is 6. The van der Waals surface area contributed by atoms with E-state index in [1.54, 1.807) is 18.2 Å². The molecule has 31 heavy (non-hydrogen) atoms. The molecule has 7 nitrogen and oxygen atoms in total. The first-order chi connectivity index (χ1) is 14.6. The van der Waals surface area contributed by atoms with Crippen molar-refractivity contribution in [3.8, 4) is 5.75 Å². The van der Waals surface area contributed by atoms with Crippen molar-refractivity contribution in [2.24, 2.45) is 0 Å². The number of hydrogen-bond donors (Lipinski definition) is 0. The maximum atomic E-state index is 12.5. The van der Waals surface area contributed by atoms with Gasteiger partial charge in [0.15, 0.2) is 18.5 Å². The fraction of sp³-hybridized carbons (Fsp3) is 0.333. The summed E-state index contributed by atoms with van der Waals surface area (Å²) in [5.74, 6) is -0.850. The minimum atomic E-state index is -3.39. The van der Waals surface area contributed by atoms with E-state index in [9.17, 15) is 18.0 Å². The van der Waals surface area contributed by atoms with Gasteiger partial charge in [-0.05, 0) is 61.7 Å². The van der Waals surface area contributed by atoms with Gasteiger partial charge >= 0.3 is 5.97 Å². The van der Waals surface area contributed by atoms with Crippen molar-refractivity contribution in [2.75, 3.05) is 23.7 Å². The number of esters is 1. The van der Waals surface area contributed by atoms with Crippen LogP contribution in [0.5, 0.6) is 5.75 Å². The summed E-state index contributed by atoms with van der Waals surface area (Å²) in [6.45, 7) is 1.43.